The van der Waals surface area contributed by atoms with Crippen LogP contribution in [0.5, 0.6) is 0 Å². The minimum absolute atomic E-state index is 0.0617. The lowest BCUT2D eigenvalue weighted by Gasteiger charge is -1.99. The van der Waals surface area contributed by atoms with Crippen molar-refractivity contribution >= 4 is 17.6 Å². The fraction of sp³-hybridized carbons (Fsp3) is 0. The highest BCUT2D eigenvalue weighted by Gasteiger charge is 2.00. The Morgan fingerprint density at radius 3 is 2.64 bits per heavy atom. The molecule has 6 nitrogen and oxygen atoms in total. The molecule has 0 fully saturated rings. The van der Waals surface area contributed by atoms with Gasteiger partial charge in [0.25, 0.3) is 0 Å². The first-order chi connectivity index (χ1) is 6.63. The third kappa shape index (κ3) is 2.46. The summed E-state index contributed by atoms with van der Waals surface area (Å²) in [5, 5.41) is 0. The number of aliphatic imine (C=N–C) groups is 1. The number of benzene rings is 1. The van der Waals surface area contributed by atoms with Crippen molar-refractivity contribution in [2.24, 2.45) is 22.3 Å². The van der Waals surface area contributed by atoms with Gasteiger partial charge in [0.15, 0.2) is 0 Å². The number of nitrogens with one attached hydrogen (secondary N) is 1. The molecule has 0 bridgehead atoms. The number of hydrogen-bond acceptors (Lipinski definition) is 3. The molecule has 0 atom stereocenters. The first-order valence-corrected chi connectivity index (χ1v) is 3.84. The highest BCUT2D eigenvalue weighted by molar-refractivity contribution is 5.93. The lowest BCUT2D eigenvalue weighted by molar-refractivity contribution is 0.100. The molecule has 0 heterocycles. The van der Waals surface area contributed by atoms with E-state index in [9.17, 15) is 4.79 Å². The van der Waals surface area contributed by atoms with Crippen molar-refractivity contribution in [1.82, 2.24) is 5.43 Å². The number of hydrazine groups is 1. The molecule has 7 N–H and O–H groups in total. The van der Waals surface area contributed by atoms with Crippen LogP contribution in [0, 0.1) is 0 Å². The van der Waals surface area contributed by atoms with Gasteiger partial charge in [-0.1, -0.05) is 6.07 Å². The van der Waals surface area contributed by atoms with Gasteiger partial charge in [-0.25, -0.2) is 10.8 Å². The Morgan fingerprint density at radius 1 is 1.36 bits per heavy atom. The van der Waals surface area contributed by atoms with E-state index in [0.29, 0.717) is 11.3 Å². The topological polar surface area (TPSA) is 120 Å². The molecule has 0 aliphatic carbocycles. The maximum absolute atomic E-state index is 10.8. The van der Waals surface area contributed by atoms with Gasteiger partial charge in [-0.2, -0.15) is 0 Å². The average Bonchev–Trinajstić information content (AvgIpc) is 2.18. The largest absolute Gasteiger partial charge is 0.369 e. The van der Waals surface area contributed by atoms with E-state index < -0.39 is 5.91 Å². The monoisotopic (exact) mass is 193 g/mol. The summed E-state index contributed by atoms with van der Waals surface area (Å²) in [4.78, 5) is 14.7. The molecule has 1 amide bonds. The fourth-order valence-corrected chi connectivity index (χ4v) is 0.900. The summed E-state index contributed by atoms with van der Waals surface area (Å²) in [6.45, 7) is 0. The molecule has 1 aromatic carbocycles. The van der Waals surface area contributed by atoms with Gasteiger partial charge in [0.1, 0.15) is 0 Å². The summed E-state index contributed by atoms with van der Waals surface area (Å²) in [5.74, 6) is 4.57. The number of hydrogen-bond donors (Lipinski definition) is 4. The van der Waals surface area contributed by atoms with Crippen LogP contribution in [0.25, 0.3) is 0 Å². The first kappa shape index (κ1) is 10.0. The Morgan fingerprint density at radius 2 is 2.07 bits per heavy atom. The van der Waals surface area contributed by atoms with E-state index >= 15 is 0 Å². The zero-order valence-corrected chi connectivity index (χ0v) is 7.40. The molecular formula is C8H11N5O. The molecular weight excluding hydrogens is 182 g/mol. The SMILES string of the molecule is NNC(N)=Nc1cccc(C(N)=O)c1. The number of nitrogens with two attached hydrogens (primary N) is 3. The van der Waals surface area contributed by atoms with Gasteiger partial charge < -0.3 is 11.5 Å². The van der Waals surface area contributed by atoms with E-state index in [1.807, 2.05) is 0 Å². The van der Waals surface area contributed by atoms with Crippen molar-refractivity contribution in [1.29, 1.82) is 0 Å². The van der Waals surface area contributed by atoms with Crippen molar-refractivity contribution in [2.45, 2.75) is 0 Å². The van der Waals surface area contributed by atoms with Crippen molar-refractivity contribution in [2.75, 3.05) is 0 Å². The van der Waals surface area contributed by atoms with Crippen LogP contribution in [-0.4, -0.2) is 11.9 Å². The second kappa shape index (κ2) is 4.24. The molecule has 0 saturated carbocycles. The zero-order chi connectivity index (χ0) is 10.6. The predicted molar refractivity (Wildman–Crippen MR) is 53.6 cm³/mol. The molecule has 0 unspecified atom stereocenters. The summed E-state index contributed by atoms with van der Waals surface area (Å²) in [6.07, 6.45) is 0. The average molecular weight is 193 g/mol. The summed E-state index contributed by atoms with van der Waals surface area (Å²) >= 11 is 0. The second-order valence-electron chi connectivity index (χ2n) is 2.56. The van der Waals surface area contributed by atoms with Gasteiger partial charge in [-0.05, 0) is 18.2 Å². The van der Waals surface area contributed by atoms with E-state index in [-0.39, 0.29) is 5.96 Å². The van der Waals surface area contributed by atoms with Gasteiger partial charge in [-0.15, -0.1) is 0 Å². The number of carbonyl (C=O) groups is 1. The van der Waals surface area contributed by atoms with Gasteiger partial charge in [0.2, 0.25) is 11.9 Å². The quantitative estimate of drug-likeness (QED) is 0.212. The minimum Gasteiger partial charge on any atom is -0.369 e. The summed E-state index contributed by atoms with van der Waals surface area (Å²) in [6, 6.07) is 6.44. The molecule has 0 spiro atoms. The van der Waals surface area contributed by atoms with Crippen LogP contribution in [0.2, 0.25) is 0 Å². The molecule has 1 rings (SSSR count). The number of amides is 1. The molecule has 1 aromatic rings. The molecule has 0 saturated heterocycles. The standard InChI is InChI=1S/C8H11N5O/c9-7(14)5-2-1-3-6(4-5)12-8(10)13-11/h1-4H,11H2,(H2,9,14)(H3,10,12,13). The number of rotatable bonds is 2. The Hall–Kier alpha value is -2.08. The number of carbonyl (C=O) groups excluding carboxylic acids is 1. The number of primary amides is 1. The molecule has 6 heteroatoms. The van der Waals surface area contributed by atoms with Crippen molar-refractivity contribution in [3.05, 3.63) is 29.8 Å². The van der Waals surface area contributed by atoms with E-state index in [1.165, 1.54) is 6.07 Å². The van der Waals surface area contributed by atoms with Crippen LogP contribution >= 0.6 is 0 Å². The smallest absolute Gasteiger partial charge is 0.248 e. The first-order valence-electron chi connectivity index (χ1n) is 3.84. The third-order valence-electron chi connectivity index (χ3n) is 1.53. The lowest BCUT2D eigenvalue weighted by atomic mass is 10.2. The molecule has 0 radical (unpaired) electrons. The van der Waals surface area contributed by atoms with Crippen LogP contribution in [0.3, 0.4) is 0 Å². The Balaban J connectivity index is 3.00. The van der Waals surface area contributed by atoms with Crippen LogP contribution in [0.4, 0.5) is 5.69 Å². The summed E-state index contributed by atoms with van der Waals surface area (Å²) in [7, 11) is 0. The highest BCUT2D eigenvalue weighted by Crippen LogP contribution is 2.13. The normalized spacial score (nSPS) is 11.1. The van der Waals surface area contributed by atoms with Gasteiger partial charge in [0.05, 0.1) is 5.69 Å². The fourth-order valence-electron chi connectivity index (χ4n) is 0.900. The van der Waals surface area contributed by atoms with E-state index in [2.05, 4.69) is 10.4 Å². The zero-order valence-electron chi connectivity index (χ0n) is 7.40. The van der Waals surface area contributed by atoms with E-state index in [0.717, 1.165) is 0 Å². The van der Waals surface area contributed by atoms with Crippen molar-refractivity contribution < 1.29 is 4.79 Å². The minimum atomic E-state index is -0.513. The van der Waals surface area contributed by atoms with Crippen LogP contribution in [-0.2, 0) is 0 Å². The molecule has 14 heavy (non-hydrogen) atoms. The molecule has 0 aliphatic rings. The maximum atomic E-state index is 10.8. The Labute approximate surface area is 80.8 Å². The summed E-state index contributed by atoms with van der Waals surface area (Å²) in [5.41, 5.74) is 13.5. The molecule has 0 aromatic heterocycles. The van der Waals surface area contributed by atoms with Crippen molar-refractivity contribution in [3.63, 3.8) is 0 Å². The molecule has 0 aliphatic heterocycles. The van der Waals surface area contributed by atoms with Crippen LogP contribution < -0.4 is 22.7 Å². The van der Waals surface area contributed by atoms with Crippen LogP contribution in [0.15, 0.2) is 29.3 Å². The van der Waals surface area contributed by atoms with Crippen LogP contribution in [0.1, 0.15) is 10.4 Å². The summed E-state index contributed by atoms with van der Waals surface area (Å²) < 4.78 is 0. The van der Waals surface area contributed by atoms with E-state index in [4.69, 9.17) is 17.3 Å². The highest BCUT2D eigenvalue weighted by atomic mass is 16.1. The number of guanidine groups is 1. The van der Waals surface area contributed by atoms with Gasteiger partial charge in [0, 0.05) is 5.56 Å². The van der Waals surface area contributed by atoms with E-state index in [1.54, 1.807) is 18.2 Å². The maximum Gasteiger partial charge on any atom is 0.248 e. The molecule has 74 valence electrons. The van der Waals surface area contributed by atoms with Crippen molar-refractivity contribution in [3.8, 4) is 0 Å². The Bertz CT molecular complexity index is 374. The number of nitrogens with zero attached hydrogens (tertiary/aromatic N) is 1. The van der Waals surface area contributed by atoms with Gasteiger partial charge in [-0.3, -0.25) is 10.2 Å². The third-order valence-corrected chi connectivity index (χ3v) is 1.53. The predicted octanol–water partition coefficient (Wildman–Crippen LogP) is -0.805. The Kier molecular flexibility index (Phi) is 3.03. The van der Waals surface area contributed by atoms with Gasteiger partial charge >= 0.3 is 0 Å². The second-order valence-corrected chi connectivity index (χ2v) is 2.56. The lowest BCUT2D eigenvalue weighted by Crippen LogP contribution is -2.36.